The summed E-state index contributed by atoms with van der Waals surface area (Å²) in [7, 11) is 3.36. The first-order valence-electron chi connectivity index (χ1n) is 11.7. The number of carbonyl (C=O) groups is 2. The van der Waals surface area contributed by atoms with Gasteiger partial charge < -0.3 is 24.5 Å². The van der Waals surface area contributed by atoms with Crippen molar-refractivity contribution in [3.63, 3.8) is 0 Å². The molecule has 36 heavy (non-hydrogen) atoms. The molecule has 1 aromatic heterocycles. The molecule has 4 rings (SSSR count). The molecule has 2 aromatic carbocycles. The lowest BCUT2D eigenvalue weighted by Gasteiger charge is -2.23. The molecular formula is C26H29N5O5. The number of benzene rings is 2. The van der Waals surface area contributed by atoms with Gasteiger partial charge in [-0.25, -0.2) is 14.6 Å². The van der Waals surface area contributed by atoms with E-state index < -0.39 is 11.8 Å². The molecule has 10 heteroatoms. The Morgan fingerprint density at radius 2 is 1.94 bits per heavy atom. The van der Waals surface area contributed by atoms with Gasteiger partial charge in [-0.1, -0.05) is 42.5 Å². The van der Waals surface area contributed by atoms with Gasteiger partial charge in [-0.05, 0) is 29.7 Å². The fourth-order valence-electron chi connectivity index (χ4n) is 4.13. The van der Waals surface area contributed by atoms with E-state index in [0.717, 1.165) is 16.8 Å². The van der Waals surface area contributed by atoms with Crippen LogP contribution in [0.2, 0.25) is 0 Å². The van der Waals surface area contributed by atoms with E-state index in [4.69, 9.17) is 4.74 Å². The molecule has 188 valence electrons. The smallest absolute Gasteiger partial charge is 0.407 e. The monoisotopic (exact) mass is 491 g/mol. The minimum Gasteiger partial charge on any atom is -0.465 e. The Bertz CT molecular complexity index is 1280. The zero-order chi connectivity index (χ0) is 25.7. The number of H-pyrrole nitrogens is 1. The molecule has 2 N–H and O–H groups in total. The molecule has 0 radical (unpaired) electrons. The number of carboxylic acid groups (broad SMARTS) is 1. The highest BCUT2D eigenvalue weighted by molar-refractivity contribution is 6.09. The number of anilines is 2. The number of carbonyl (C=O) groups excluding carboxylic acids is 1. The number of fused-ring (bicyclic) bond motifs is 1. The number of aromatic nitrogens is 2. The lowest BCUT2D eigenvalue weighted by molar-refractivity contribution is 0.0288. The zero-order valence-electron chi connectivity index (χ0n) is 20.3. The Kier molecular flexibility index (Phi) is 7.65. The summed E-state index contributed by atoms with van der Waals surface area (Å²) in [6.45, 7) is 1.59. The van der Waals surface area contributed by atoms with Gasteiger partial charge in [0.2, 0.25) is 0 Å². The average Bonchev–Trinajstić information content (AvgIpc) is 3.00. The number of likely N-dealkylation sites (N-methyl/N-ethyl adjacent to an activating group) is 1. The Labute approximate surface area is 208 Å². The summed E-state index contributed by atoms with van der Waals surface area (Å²) in [5, 5.41) is 9.19. The van der Waals surface area contributed by atoms with E-state index in [1.54, 1.807) is 4.90 Å². The number of hydrogen-bond acceptors (Lipinski definition) is 6. The molecule has 10 nitrogen and oxygen atoms in total. The number of nitrogens with zero attached hydrogens (tertiary/aromatic N) is 4. The molecule has 1 aliphatic heterocycles. The van der Waals surface area contributed by atoms with Crippen LogP contribution in [-0.4, -0.2) is 65.7 Å². The number of ether oxygens (including phenoxy) is 1. The minimum absolute atomic E-state index is 0.241. The fraction of sp³-hybridized carbons (Fsp3) is 0.308. The first-order chi connectivity index (χ1) is 17.3. The van der Waals surface area contributed by atoms with E-state index in [2.05, 4.69) is 9.97 Å². The summed E-state index contributed by atoms with van der Waals surface area (Å²) in [6, 6.07) is 17.3. The quantitative estimate of drug-likeness (QED) is 0.497. The standard InChI is InChI=1S/C26H29N5O5/c1-29-13-14-31(24(32)21-16-27-25(33)28-23(21)29)20-10-6-7-18(15-20)17-36-22(11-12-30(2)26(34)35)19-8-4-3-5-9-19/h3-10,15-16,22H,11-14,17H2,1-2H3,(H,34,35)(H,27,28,33). The van der Waals surface area contributed by atoms with Crippen molar-refractivity contribution in [1.29, 1.82) is 0 Å². The SMILES string of the molecule is CN(CCC(OCc1cccc(N2CCN(C)c3[nH]c(=O)ncc3C2=O)c1)c1ccccc1)C(=O)O. The molecule has 0 saturated heterocycles. The van der Waals surface area contributed by atoms with Gasteiger partial charge in [0.25, 0.3) is 5.91 Å². The van der Waals surface area contributed by atoms with Crippen molar-refractivity contribution in [2.24, 2.45) is 0 Å². The van der Waals surface area contributed by atoms with Crippen molar-refractivity contribution in [1.82, 2.24) is 14.9 Å². The van der Waals surface area contributed by atoms with Gasteiger partial charge in [0.1, 0.15) is 5.82 Å². The van der Waals surface area contributed by atoms with E-state index in [0.29, 0.717) is 37.4 Å². The third-order valence-corrected chi connectivity index (χ3v) is 6.21. The molecule has 2 heterocycles. The average molecular weight is 492 g/mol. The van der Waals surface area contributed by atoms with E-state index in [1.165, 1.54) is 18.1 Å². The molecular weight excluding hydrogens is 462 g/mol. The molecule has 0 aliphatic carbocycles. The van der Waals surface area contributed by atoms with E-state index >= 15 is 0 Å². The number of amides is 2. The van der Waals surface area contributed by atoms with Gasteiger partial charge in [-0.15, -0.1) is 0 Å². The Balaban J connectivity index is 1.51. The lowest BCUT2D eigenvalue weighted by atomic mass is 10.1. The zero-order valence-corrected chi connectivity index (χ0v) is 20.3. The fourth-order valence-corrected chi connectivity index (χ4v) is 4.13. The van der Waals surface area contributed by atoms with Crippen LogP contribution < -0.4 is 15.5 Å². The van der Waals surface area contributed by atoms with Crippen molar-refractivity contribution >= 4 is 23.5 Å². The van der Waals surface area contributed by atoms with Crippen LogP contribution in [0.4, 0.5) is 16.3 Å². The Morgan fingerprint density at radius 3 is 2.69 bits per heavy atom. The van der Waals surface area contributed by atoms with Gasteiger partial charge in [0.15, 0.2) is 0 Å². The molecule has 0 spiro atoms. The Morgan fingerprint density at radius 1 is 1.17 bits per heavy atom. The second kappa shape index (κ2) is 11.0. The van der Waals surface area contributed by atoms with Crippen LogP contribution in [0.1, 0.15) is 34.0 Å². The third-order valence-electron chi connectivity index (χ3n) is 6.21. The minimum atomic E-state index is -0.983. The molecule has 1 unspecified atom stereocenters. The van der Waals surface area contributed by atoms with Crippen LogP contribution in [0.25, 0.3) is 0 Å². The van der Waals surface area contributed by atoms with Crippen LogP contribution in [-0.2, 0) is 11.3 Å². The Hall–Kier alpha value is -4.18. The summed E-state index contributed by atoms with van der Waals surface area (Å²) < 4.78 is 6.24. The number of nitrogens with one attached hydrogen (secondary N) is 1. The first kappa shape index (κ1) is 24.9. The predicted molar refractivity (Wildman–Crippen MR) is 135 cm³/mol. The molecule has 1 aliphatic rings. The van der Waals surface area contributed by atoms with Crippen molar-refractivity contribution < 1.29 is 19.4 Å². The number of hydrogen-bond donors (Lipinski definition) is 2. The first-order valence-corrected chi connectivity index (χ1v) is 11.7. The second-order valence-corrected chi connectivity index (χ2v) is 8.70. The molecule has 2 amide bonds. The van der Waals surface area contributed by atoms with Crippen molar-refractivity contribution in [2.45, 2.75) is 19.1 Å². The summed E-state index contributed by atoms with van der Waals surface area (Å²) in [5.41, 5.74) is 2.41. The van der Waals surface area contributed by atoms with Gasteiger partial charge in [0.05, 0.1) is 18.3 Å². The maximum absolute atomic E-state index is 13.3. The van der Waals surface area contributed by atoms with Crippen LogP contribution in [0.3, 0.4) is 0 Å². The third kappa shape index (κ3) is 5.72. The van der Waals surface area contributed by atoms with Crippen molar-refractivity contribution in [2.75, 3.05) is 43.5 Å². The predicted octanol–water partition coefficient (Wildman–Crippen LogP) is 3.12. The largest absolute Gasteiger partial charge is 0.465 e. The van der Waals surface area contributed by atoms with Crippen LogP contribution in [0, 0.1) is 0 Å². The highest BCUT2D eigenvalue weighted by atomic mass is 16.5. The molecule has 3 aromatic rings. The van der Waals surface area contributed by atoms with Crippen molar-refractivity contribution in [3.05, 3.63) is 88.0 Å². The van der Waals surface area contributed by atoms with Crippen LogP contribution >= 0.6 is 0 Å². The molecule has 0 bridgehead atoms. The summed E-state index contributed by atoms with van der Waals surface area (Å²) in [5.74, 6) is 0.217. The van der Waals surface area contributed by atoms with Crippen molar-refractivity contribution in [3.8, 4) is 0 Å². The van der Waals surface area contributed by atoms with Gasteiger partial charge in [-0.2, -0.15) is 0 Å². The lowest BCUT2D eigenvalue weighted by Crippen LogP contribution is -2.33. The maximum Gasteiger partial charge on any atom is 0.407 e. The number of aromatic amines is 1. The second-order valence-electron chi connectivity index (χ2n) is 8.70. The van der Waals surface area contributed by atoms with Gasteiger partial charge in [0, 0.05) is 45.6 Å². The highest BCUT2D eigenvalue weighted by Crippen LogP contribution is 2.27. The number of rotatable bonds is 8. The van der Waals surface area contributed by atoms with E-state index in [-0.39, 0.29) is 18.6 Å². The maximum atomic E-state index is 13.3. The molecule has 0 saturated carbocycles. The normalized spacial score (nSPS) is 14.2. The van der Waals surface area contributed by atoms with Gasteiger partial charge in [-0.3, -0.25) is 9.78 Å². The van der Waals surface area contributed by atoms with Crippen LogP contribution in [0.15, 0.2) is 65.6 Å². The summed E-state index contributed by atoms with van der Waals surface area (Å²) in [6.07, 6.45) is 0.547. The van der Waals surface area contributed by atoms with E-state index in [1.807, 2.05) is 66.5 Å². The molecule has 1 atom stereocenters. The molecule has 0 fully saturated rings. The summed E-state index contributed by atoms with van der Waals surface area (Å²) >= 11 is 0. The highest BCUT2D eigenvalue weighted by Gasteiger charge is 2.27. The van der Waals surface area contributed by atoms with E-state index in [9.17, 15) is 19.5 Å². The van der Waals surface area contributed by atoms with Crippen LogP contribution in [0.5, 0.6) is 0 Å². The summed E-state index contributed by atoms with van der Waals surface area (Å²) in [4.78, 5) is 47.3. The van der Waals surface area contributed by atoms with Gasteiger partial charge >= 0.3 is 11.8 Å². The topological polar surface area (TPSA) is 119 Å².